The van der Waals surface area contributed by atoms with E-state index in [1.165, 1.54) is 11.8 Å². The number of amides is 2. The zero-order valence-corrected chi connectivity index (χ0v) is 24.8. The van der Waals surface area contributed by atoms with Gasteiger partial charge < -0.3 is 15.7 Å². The number of ketones is 2. The molecule has 224 valence electrons. The summed E-state index contributed by atoms with van der Waals surface area (Å²) in [5, 5.41) is 14.6. The maximum Gasteiger partial charge on any atom is 0.307 e. The van der Waals surface area contributed by atoms with E-state index in [9.17, 15) is 29.1 Å². The van der Waals surface area contributed by atoms with Gasteiger partial charge in [0.25, 0.3) is 0 Å². The average molecular weight is 617 g/mol. The first kappa shape index (κ1) is 29.8. The number of thioether (sulfide) groups is 1. The van der Waals surface area contributed by atoms with Gasteiger partial charge in [0, 0.05) is 27.3 Å². The highest BCUT2D eigenvalue weighted by Crippen LogP contribution is 2.39. The lowest BCUT2D eigenvalue weighted by atomic mass is 9.82. The maximum absolute atomic E-state index is 13.9. The Morgan fingerprint density at radius 1 is 0.711 bits per heavy atom. The molecule has 4 aromatic rings. The maximum atomic E-state index is 13.9. The first-order valence-electron chi connectivity index (χ1n) is 14.4. The van der Waals surface area contributed by atoms with Gasteiger partial charge in [-0.15, -0.1) is 11.8 Å². The number of allylic oxidation sites excluding steroid dienone is 2. The third-order valence-corrected chi connectivity index (χ3v) is 9.24. The zero-order valence-electron chi connectivity index (χ0n) is 23.9. The summed E-state index contributed by atoms with van der Waals surface area (Å²) in [6.07, 6.45) is 4.25. The fourth-order valence-corrected chi connectivity index (χ4v) is 6.83. The second-order valence-electron chi connectivity index (χ2n) is 10.8. The fraction of sp³-hybridized carbons (Fsp3) is 0.139. The topological polar surface area (TPSA) is 130 Å². The Hall–Kier alpha value is -5.28. The molecule has 0 aromatic heterocycles. The molecule has 3 unspecified atom stereocenters. The van der Waals surface area contributed by atoms with E-state index in [1.807, 2.05) is 42.5 Å². The fourth-order valence-electron chi connectivity index (χ4n) is 5.74. The minimum atomic E-state index is -1.00. The Bertz CT molecular complexity index is 1870. The van der Waals surface area contributed by atoms with Gasteiger partial charge in [-0.25, -0.2) is 0 Å². The average Bonchev–Trinajstić information content (AvgIpc) is 3.06. The molecular weight excluding hydrogens is 588 g/mol. The van der Waals surface area contributed by atoms with E-state index in [-0.39, 0.29) is 34.3 Å². The standard InChI is InChI=1S/C36H28N2O6S/c39-31-24-14-4-5-15-25(24)32(40)30-28(31)18-9-19-29(30)38-35(42)33(21-10-2-1-3-11-21)45-23-13-8-12-22(20-23)37-34(41)26-16-6-7-17-27(26)36(43)44/h1-15,18-20,26-27,33H,16-17H2,(H,37,41)(H,38,42)(H,43,44). The van der Waals surface area contributed by atoms with Gasteiger partial charge in [-0.1, -0.05) is 84.9 Å². The number of nitrogens with one attached hydrogen (secondary N) is 2. The minimum absolute atomic E-state index is 0.160. The molecule has 0 radical (unpaired) electrons. The number of rotatable bonds is 8. The molecule has 0 aliphatic heterocycles. The first-order chi connectivity index (χ1) is 21.8. The molecule has 6 rings (SSSR count). The monoisotopic (exact) mass is 616 g/mol. The molecule has 0 fully saturated rings. The molecule has 45 heavy (non-hydrogen) atoms. The van der Waals surface area contributed by atoms with Crippen LogP contribution in [0.15, 0.2) is 114 Å². The SMILES string of the molecule is O=C1c2ccccc2C(=O)c2c(NC(=O)C(Sc3cccc(NC(=O)C4CC=CCC4C(=O)O)c3)c3ccccc3)cccc21. The van der Waals surface area contributed by atoms with Crippen molar-refractivity contribution in [3.05, 3.63) is 137 Å². The van der Waals surface area contributed by atoms with Crippen LogP contribution >= 0.6 is 11.8 Å². The Labute approximate surface area is 263 Å². The summed E-state index contributed by atoms with van der Waals surface area (Å²) in [6, 6.07) is 27.7. The van der Waals surface area contributed by atoms with Crippen molar-refractivity contribution in [2.45, 2.75) is 23.0 Å². The Balaban J connectivity index is 1.26. The van der Waals surface area contributed by atoms with Gasteiger partial charge in [0.1, 0.15) is 5.25 Å². The number of carbonyl (C=O) groups excluding carboxylic acids is 4. The van der Waals surface area contributed by atoms with E-state index in [4.69, 9.17) is 0 Å². The van der Waals surface area contributed by atoms with Crippen molar-refractivity contribution in [2.24, 2.45) is 11.8 Å². The summed E-state index contributed by atoms with van der Waals surface area (Å²) in [5.74, 6) is -3.86. The summed E-state index contributed by atoms with van der Waals surface area (Å²) >= 11 is 1.26. The van der Waals surface area contributed by atoms with E-state index in [0.717, 1.165) is 0 Å². The number of anilines is 2. The number of carboxylic acid groups (broad SMARTS) is 1. The summed E-state index contributed by atoms with van der Waals surface area (Å²) in [4.78, 5) is 66.1. The summed E-state index contributed by atoms with van der Waals surface area (Å²) in [7, 11) is 0. The van der Waals surface area contributed by atoms with Gasteiger partial charge in [-0.3, -0.25) is 24.0 Å². The molecule has 0 spiro atoms. The quantitative estimate of drug-likeness (QED) is 0.133. The van der Waals surface area contributed by atoms with Gasteiger partial charge in [0.15, 0.2) is 11.6 Å². The molecule has 0 saturated heterocycles. The second-order valence-corrected chi connectivity index (χ2v) is 12.0. The number of fused-ring (bicyclic) bond motifs is 2. The van der Waals surface area contributed by atoms with Gasteiger partial charge in [-0.05, 0) is 42.7 Å². The molecule has 4 aromatic carbocycles. The number of aliphatic carboxylic acids is 1. The van der Waals surface area contributed by atoms with Crippen LogP contribution in [0.2, 0.25) is 0 Å². The molecule has 2 aliphatic carbocycles. The van der Waals surface area contributed by atoms with E-state index >= 15 is 0 Å². The van der Waals surface area contributed by atoms with Crippen molar-refractivity contribution in [2.75, 3.05) is 10.6 Å². The van der Waals surface area contributed by atoms with Crippen molar-refractivity contribution in [3.8, 4) is 0 Å². The van der Waals surface area contributed by atoms with E-state index in [2.05, 4.69) is 10.6 Å². The molecule has 9 heteroatoms. The Morgan fingerprint density at radius 2 is 1.36 bits per heavy atom. The van der Waals surface area contributed by atoms with E-state index < -0.39 is 29.0 Å². The Morgan fingerprint density at radius 3 is 2.09 bits per heavy atom. The van der Waals surface area contributed by atoms with Crippen LogP contribution in [0.1, 0.15) is 55.5 Å². The first-order valence-corrected chi connectivity index (χ1v) is 15.3. The smallest absolute Gasteiger partial charge is 0.307 e. The third-order valence-electron chi connectivity index (χ3n) is 7.99. The Kier molecular flexibility index (Phi) is 8.44. The summed E-state index contributed by atoms with van der Waals surface area (Å²) in [5.41, 5.74) is 2.48. The number of carbonyl (C=O) groups is 5. The molecule has 0 heterocycles. The highest BCUT2D eigenvalue weighted by atomic mass is 32.2. The third kappa shape index (κ3) is 6.07. The lowest BCUT2D eigenvalue weighted by Gasteiger charge is -2.24. The molecule has 8 nitrogen and oxygen atoms in total. The van der Waals surface area contributed by atoms with Crippen LogP contribution in [0.4, 0.5) is 11.4 Å². The van der Waals surface area contributed by atoms with Crippen LogP contribution in [-0.4, -0.2) is 34.5 Å². The molecule has 0 bridgehead atoms. The molecule has 3 atom stereocenters. The summed E-state index contributed by atoms with van der Waals surface area (Å²) in [6.45, 7) is 0. The van der Waals surface area contributed by atoms with Crippen LogP contribution < -0.4 is 10.6 Å². The lowest BCUT2D eigenvalue weighted by molar-refractivity contribution is -0.146. The highest BCUT2D eigenvalue weighted by Gasteiger charge is 2.35. The normalized spacial score (nSPS) is 17.5. The molecule has 2 aliphatic rings. The highest BCUT2D eigenvalue weighted by molar-refractivity contribution is 8.00. The van der Waals surface area contributed by atoms with Gasteiger partial charge >= 0.3 is 5.97 Å². The minimum Gasteiger partial charge on any atom is -0.481 e. The number of benzene rings is 4. The predicted molar refractivity (Wildman–Crippen MR) is 171 cm³/mol. The van der Waals surface area contributed by atoms with Crippen molar-refractivity contribution in [1.29, 1.82) is 0 Å². The largest absolute Gasteiger partial charge is 0.481 e. The lowest BCUT2D eigenvalue weighted by Crippen LogP contribution is -2.34. The van der Waals surface area contributed by atoms with Crippen LogP contribution in [-0.2, 0) is 14.4 Å². The van der Waals surface area contributed by atoms with Crippen molar-refractivity contribution >= 4 is 52.5 Å². The van der Waals surface area contributed by atoms with Crippen LogP contribution in [0.3, 0.4) is 0 Å². The van der Waals surface area contributed by atoms with Gasteiger partial charge in [0.2, 0.25) is 11.8 Å². The number of hydrogen-bond donors (Lipinski definition) is 3. The van der Waals surface area contributed by atoms with Crippen molar-refractivity contribution in [3.63, 3.8) is 0 Å². The molecule has 3 N–H and O–H groups in total. The molecule has 0 saturated carbocycles. The molecular formula is C36H28N2O6S. The van der Waals surface area contributed by atoms with Gasteiger partial charge in [-0.2, -0.15) is 0 Å². The summed E-state index contributed by atoms with van der Waals surface area (Å²) < 4.78 is 0. The number of carboxylic acids is 1. The van der Waals surface area contributed by atoms with Gasteiger partial charge in [0.05, 0.1) is 23.1 Å². The van der Waals surface area contributed by atoms with E-state index in [1.54, 1.807) is 66.7 Å². The predicted octanol–water partition coefficient (Wildman–Crippen LogP) is 6.54. The van der Waals surface area contributed by atoms with Crippen LogP contribution in [0, 0.1) is 11.8 Å². The van der Waals surface area contributed by atoms with Crippen molar-refractivity contribution < 1.29 is 29.1 Å². The zero-order chi connectivity index (χ0) is 31.5. The molecule has 2 amide bonds. The van der Waals surface area contributed by atoms with Crippen LogP contribution in [0.5, 0.6) is 0 Å². The number of hydrogen-bond acceptors (Lipinski definition) is 6. The van der Waals surface area contributed by atoms with E-state index in [0.29, 0.717) is 40.1 Å². The second kappa shape index (κ2) is 12.8. The van der Waals surface area contributed by atoms with Crippen LogP contribution in [0.25, 0.3) is 0 Å². The van der Waals surface area contributed by atoms with Crippen molar-refractivity contribution in [1.82, 2.24) is 0 Å².